The van der Waals surface area contributed by atoms with Gasteiger partial charge in [-0.15, -0.1) is 0 Å². The molecule has 1 aromatic rings. The molecule has 0 fully saturated rings. The largest absolute Gasteiger partial charge is 0.371 e. The lowest BCUT2D eigenvalue weighted by Crippen LogP contribution is -2.32. The minimum Gasteiger partial charge on any atom is -0.371 e. The number of hydrogen-bond acceptors (Lipinski definition) is 2. The molecule has 2 heterocycles. The summed E-state index contributed by atoms with van der Waals surface area (Å²) in [5.74, 6) is 0. The molecule has 64 valence electrons. The molecule has 0 spiro atoms. The van der Waals surface area contributed by atoms with E-state index in [0.29, 0.717) is 0 Å². The van der Waals surface area contributed by atoms with E-state index in [1.54, 1.807) is 0 Å². The summed E-state index contributed by atoms with van der Waals surface area (Å²) in [6, 6.07) is 4.25. The minimum atomic E-state index is 0.857. The molecule has 0 aliphatic carbocycles. The van der Waals surface area contributed by atoms with E-state index in [-0.39, 0.29) is 0 Å². The van der Waals surface area contributed by atoms with Crippen molar-refractivity contribution in [3.63, 3.8) is 0 Å². The Kier molecular flexibility index (Phi) is 1.57. The molecule has 1 aliphatic rings. The van der Waals surface area contributed by atoms with Gasteiger partial charge in [-0.05, 0) is 26.0 Å². The van der Waals surface area contributed by atoms with Crippen molar-refractivity contribution in [2.24, 2.45) is 0 Å². The molecular formula is C9H13N3. The molecule has 12 heavy (non-hydrogen) atoms. The van der Waals surface area contributed by atoms with Crippen molar-refractivity contribution >= 4 is 0 Å². The summed E-state index contributed by atoms with van der Waals surface area (Å²) in [5, 5.41) is 5.28. The summed E-state index contributed by atoms with van der Waals surface area (Å²) in [7, 11) is 0. The third kappa shape index (κ3) is 0.978. The topological polar surface area (TPSA) is 20.2 Å². The maximum Gasteiger partial charge on any atom is 0.107 e. The van der Waals surface area contributed by atoms with Crippen molar-refractivity contribution in [2.75, 3.05) is 11.7 Å². The Bertz CT molecular complexity index is 292. The monoisotopic (exact) mass is 163 g/mol. The van der Waals surface area contributed by atoms with Gasteiger partial charge in [-0.2, -0.15) is 0 Å². The SMILES string of the molecule is Cc1ccc(C)n1N1C=CNC1. The molecule has 0 unspecified atom stereocenters. The van der Waals surface area contributed by atoms with Crippen LogP contribution in [0.25, 0.3) is 0 Å². The highest BCUT2D eigenvalue weighted by Gasteiger charge is 2.09. The Hall–Kier alpha value is -1.38. The Morgan fingerprint density at radius 1 is 1.25 bits per heavy atom. The summed E-state index contributed by atoms with van der Waals surface area (Å²) in [6.45, 7) is 5.08. The van der Waals surface area contributed by atoms with Gasteiger partial charge in [0.1, 0.15) is 6.67 Å². The first kappa shape index (κ1) is 7.28. The standard InChI is InChI=1S/C9H13N3/c1-8-3-4-9(2)12(8)11-6-5-10-7-11/h3-6,10H,7H2,1-2H3. The number of hydrogen-bond donors (Lipinski definition) is 1. The van der Waals surface area contributed by atoms with Gasteiger partial charge in [0.2, 0.25) is 0 Å². The molecule has 0 bridgehead atoms. The molecular weight excluding hydrogens is 150 g/mol. The fourth-order valence-corrected chi connectivity index (χ4v) is 1.54. The fraction of sp³-hybridized carbons (Fsp3) is 0.333. The smallest absolute Gasteiger partial charge is 0.107 e. The van der Waals surface area contributed by atoms with Gasteiger partial charge < -0.3 is 5.32 Å². The van der Waals surface area contributed by atoms with Crippen molar-refractivity contribution in [1.29, 1.82) is 0 Å². The van der Waals surface area contributed by atoms with Crippen molar-refractivity contribution in [3.05, 3.63) is 35.9 Å². The third-order valence-corrected chi connectivity index (χ3v) is 2.11. The van der Waals surface area contributed by atoms with Gasteiger partial charge in [0.25, 0.3) is 0 Å². The van der Waals surface area contributed by atoms with Crippen molar-refractivity contribution < 1.29 is 0 Å². The summed E-state index contributed by atoms with van der Waals surface area (Å²) in [4.78, 5) is 0. The third-order valence-electron chi connectivity index (χ3n) is 2.11. The minimum absolute atomic E-state index is 0.857. The Morgan fingerprint density at radius 3 is 2.42 bits per heavy atom. The van der Waals surface area contributed by atoms with E-state index in [1.807, 2.05) is 12.4 Å². The van der Waals surface area contributed by atoms with E-state index in [4.69, 9.17) is 0 Å². The molecule has 0 saturated carbocycles. The van der Waals surface area contributed by atoms with Gasteiger partial charge >= 0.3 is 0 Å². The van der Waals surface area contributed by atoms with Gasteiger partial charge in [0, 0.05) is 23.8 Å². The molecule has 1 N–H and O–H groups in total. The van der Waals surface area contributed by atoms with E-state index >= 15 is 0 Å². The number of rotatable bonds is 1. The summed E-state index contributed by atoms with van der Waals surface area (Å²) in [5.41, 5.74) is 2.53. The van der Waals surface area contributed by atoms with Crippen LogP contribution < -0.4 is 10.3 Å². The maximum atomic E-state index is 3.14. The first-order valence-electron chi connectivity index (χ1n) is 4.11. The van der Waals surface area contributed by atoms with Crippen LogP contribution in [0.5, 0.6) is 0 Å². The van der Waals surface area contributed by atoms with Crippen LogP contribution >= 0.6 is 0 Å². The van der Waals surface area contributed by atoms with Gasteiger partial charge in [0.05, 0.1) is 0 Å². The average molecular weight is 163 g/mol. The predicted octanol–water partition coefficient (Wildman–Crippen LogP) is 1.07. The van der Waals surface area contributed by atoms with Gasteiger partial charge in [0.15, 0.2) is 0 Å². The number of nitrogens with zero attached hydrogens (tertiary/aromatic N) is 2. The maximum absolute atomic E-state index is 3.14. The van der Waals surface area contributed by atoms with E-state index in [2.05, 4.69) is 41.0 Å². The Morgan fingerprint density at radius 2 is 1.92 bits per heavy atom. The van der Waals surface area contributed by atoms with Crippen LogP contribution in [0.1, 0.15) is 11.4 Å². The van der Waals surface area contributed by atoms with Crippen LogP contribution in [0.4, 0.5) is 0 Å². The van der Waals surface area contributed by atoms with E-state index < -0.39 is 0 Å². The molecule has 0 amide bonds. The highest BCUT2D eigenvalue weighted by molar-refractivity contribution is 5.20. The zero-order valence-electron chi connectivity index (χ0n) is 7.41. The Labute approximate surface area is 72.3 Å². The quantitative estimate of drug-likeness (QED) is 0.668. The first-order valence-corrected chi connectivity index (χ1v) is 4.11. The number of aromatic nitrogens is 1. The Balaban J connectivity index is 2.37. The highest BCUT2D eigenvalue weighted by Crippen LogP contribution is 2.09. The molecule has 0 aromatic carbocycles. The van der Waals surface area contributed by atoms with Gasteiger partial charge in [-0.25, -0.2) is 0 Å². The van der Waals surface area contributed by atoms with Crippen LogP contribution in [0.3, 0.4) is 0 Å². The lowest BCUT2D eigenvalue weighted by molar-refractivity contribution is 0.657. The van der Waals surface area contributed by atoms with Crippen LogP contribution in [-0.2, 0) is 0 Å². The van der Waals surface area contributed by atoms with Crippen LogP contribution in [0.2, 0.25) is 0 Å². The zero-order chi connectivity index (χ0) is 8.55. The second-order valence-electron chi connectivity index (χ2n) is 3.05. The van der Waals surface area contributed by atoms with Crippen molar-refractivity contribution in [2.45, 2.75) is 13.8 Å². The summed E-state index contributed by atoms with van der Waals surface area (Å²) in [6.07, 6.45) is 4.00. The summed E-state index contributed by atoms with van der Waals surface area (Å²) >= 11 is 0. The lowest BCUT2D eigenvalue weighted by Gasteiger charge is -2.20. The predicted molar refractivity (Wildman–Crippen MR) is 49.3 cm³/mol. The van der Waals surface area contributed by atoms with Gasteiger partial charge in [-0.3, -0.25) is 9.69 Å². The molecule has 0 saturated heterocycles. The summed E-state index contributed by atoms with van der Waals surface area (Å²) < 4.78 is 2.19. The number of aryl methyl sites for hydroxylation is 2. The molecule has 1 aliphatic heterocycles. The molecule has 3 nitrogen and oxygen atoms in total. The second kappa shape index (κ2) is 2.59. The molecule has 2 rings (SSSR count). The van der Waals surface area contributed by atoms with Crippen molar-refractivity contribution in [1.82, 2.24) is 9.99 Å². The van der Waals surface area contributed by atoms with E-state index in [1.165, 1.54) is 11.4 Å². The molecule has 3 heteroatoms. The highest BCUT2D eigenvalue weighted by atomic mass is 15.6. The fourth-order valence-electron chi connectivity index (χ4n) is 1.54. The van der Waals surface area contributed by atoms with E-state index in [9.17, 15) is 0 Å². The van der Waals surface area contributed by atoms with Crippen molar-refractivity contribution in [3.8, 4) is 0 Å². The normalized spacial score (nSPS) is 15.3. The van der Waals surface area contributed by atoms with Gasteiger partial charge in [-0.1, -0.05) is 0 Å². The zero-order valence-corrected chi connectivity index (χ0v) is 7.41. The first-order chi connectivity index (χ1) is 5.79. The molecule has 0 radical (unpaired) electrons. The van der Waals surface area contributed by atoms with Crippen LogP contribution in [-0.4, -0.2) is 11.3 Å². The van der Waals surface area contributed by atoms with Crippen LogP contribution in [0.15, 0.2) is 24.5 Å². The molecule has 1 aromatic heterocycles. The van der Waals surface area contributed by atoms with Crippen LogP contribution in [0, 0.1) is 13.8 Å². The lowest BCUT2D eigenvalue weighted by atomic mass is 10.5. The average Bonchev–Trinajstić information content (AvgIpc) is 2.61. The molecule has 0 atom stereocenters. The second-order valence-corrected chi connectivity index (χ2v) is 3.05. The number of nitrogens with one attached hydrogen (secondary N) is 1. The van der Waals surface area contributed by atoms with E-state index in [0.717, 1.165) is 6.67 Å².